The van der Waals surface area contributed by atoms with Crippen LogP contribution in [-0.2, 0) is 0 Å². The molecule has 3 N–H and O–H groups in total. The van der Waals surface area contributed by atoms with E-state index in [0.717, 1.165) is 31.6 Å². The van der Waals surface area contributed by atoms with E-state index >= 15 is 0 Å². The maximum atomic E-state index is 9.92. The Morgan fingerprint density at radius 1 is 1.33 bits per heavy atom. The summed E-state index contributed by atoms with van der Waals surface area (Å²) in [5.41, 5.74) is 7.91. The summed E-state index contributed by atoms with van der Waals surface area (Å²) in [4.78, 5) is 2.22. The number of hydrogen-bond donors (Lipinski definition) is 2. The highest BCUT2D eigenvalue weighted by Gasteiger charge is 2.42. The van der Waals surface area contributed by atoms with E-state index in [1.165, 1.54) is 0 Å². The largest absolute Gasteiger partial charge is 0.399 e. The number of nitrogens with two attached hydrogens (primary N) is 1. The van der Waals surface area contributed by atoms with Crippen LogP contribution in [0.1, 0.15) is 18.4 Å². The van der Waals surface area contributed by atoms with Crippen LogP contribution in [0.4, 0.5) is 11.4 Å². The van der Waals surface area contributed by atoms with Crippen molar-refractivity contribution in [2.24, 2.45) is 11.8 Å². The zero-order valence-electron chi connectivity index (χ0n) is 10.2. The van der Waals surface area contributed by atoms with Crippen molar-refractivity contribution >= 4 is 11.4 Å². The molecular weight excluding hydrogens is 226 g/mol. The Bertz CT molecular complexity index is 508. The van der Waals surface area contributed by atoms with Gasteiger partial charge in [0, 0.05) is 24.7 Å². The van der Waals surface area contributed by atoms with Crippen molar-refractivity contribution in [1.82, 2.24) is 0 Å². The number of benzene rings is 1. The Labute approximate surface area is 107 Å². The number of hydrogen-bond acceptors (Lipinski definition) is 4. The van der Waals surface area contributed by atoms with Gasteiger partial charge in [0.1, 0.15) is 6.07 Å². The molecule has 1 heterocycles. The van der Waals surface area contributed by atoms with Gasteiger partial charge in [-0.05, 0) is 37.0 Å². The van der Waals surface area contributed by atoms with E-state index < -0.39 is 0 Å². The fourth-order valence-corrected chi connectivity index (χ4v) is 3.35. The van der Waals surface area contributed by atoms with Crippen LogP contribution >= 0.6 is 0 Å². The average Bonchev–Trinajstić information content (AvgIpc) is 2.92. The monoisotopic (exact) mass is 243 g/mol. The summed E-state index contributed by atoms with van der Waals surface area (Å²) in [5, 5.41) is 19.1. The first-order chi connectivity index (χ1) is 8.69. The average molecular weight is 243 g/mol. The molecule has 0 amide bonds. The van der Waals surface area contributed by atoms with Crippen molar-refractivity contribution in [3.05, 3.63) is 23.8 Å². The minimum Gasteiger partial charge on any atom is -0.399 e. The molecule has 2 fully saturated rings. The van der Waals surface area contributed by atoms with Crippen LogP contribution < -0.4 is 10.6 Å². The van der Waals surface area contributed by atoms with Crippen molar-refractivity contribution in [2.45, 2.75) is 18.9 Å². The molecule has 2 aliphatic rings. The molecular formula is C14H17N3O. The lowest BCUT2D eigenvalue weighted by atomic mass is 10.00. The van der Waals surface area contributed by atoms with Gasteiger partial charge in [-0.3, -0.25) is 0 Å². The molecule has 18 heavy (non-hydrogen) atoms. The maximum Gasteiger partial charge on any atom is 0.101 e. The lowest BCUT2D eigenvalue weighted by Gasteiger charge is -2.21. The van der Waals surface area contributed by atoms with Crippen molar-refractivity contribution in [3.8, 4) is 6.07 Å². The molecule has 4 heteroatoms. The van der Waals surface area contributed by atoms with Gasteiger partial charge in [0.15, 0.2) is 0 Å². The molecule has 4 nitrogen and oxygen atoms in total. The number of aliphatic hydroxyl groups is 1. The van der Waals surface area contributed by atoms with Gasteiger partial charge in [0.2, 0.25) is 0 Å². The fraction of sp³-hybridized carbons (Fsp3) is 0.500. The summed E-state index contributed by atoms with van der Waals surface area (Å²) in [6, 6.07) is 7.68. The maximum absolute atomic E-state index is 9.92. The number of nitriles is 1. The predicted octanol–water partition coefficient (Wildman–Crippen LogP) is 1.35. The summed E-state index contributed by atoms with van der Waals surface area (Å²) < 4.78 is 0. The molecule has 1 aromatic carbocycles. The van der Waals surface area contributed by atoms with Crippen molar-refractivity contribution in [3.63, 3.8) is 0 Å². The molecule has 0 bridgehead atoms. The molecule has 1 aliphatic carbocycles. The lowest BCUT2D eigenvalue weighted by molar-refractivity contribution is 0.133. The molecule has 1 saturated heterocycles. The second kappa shape index (κ2) is 4.18. The standard InChI is InChI=1S/C14H17N3O/c15-6-10-5-11(16)2-3-13(10)17-7-9-1-4-14(18)12(9)8-17/h2-3,5,9,12,14,18H,1,4,7-8,16H2. The number of anilines is 2. The number of aliphatic hydroxyl groups excluding tert-OH is 1. The van der Waals surface area contributed by atoms with Gasteiger partial charge in [-0.1, -0.05) is 0 Å². The molecule has 94 valence electrons. The molecule has 0 radical (unpaired) electrons. The predicted molar refractivity (Wildman–Crippen MR) is 70.0 cm³/mol. The Balaban J connectivity index is 1.87. The van der Waals surface area contributed by atoms with Crippen LogP contribution in [-0.4, -0.2) is 24.3 Å². The summed E-state index contributed by atoms with van der Waals surface area (Å²) >= 11 is 0. The van der Waals surface area contributed by atoms with E-state index in [-0.39, 0.29) is 6.10 Å². The van der Waals surface area contributed by atoms with E-state index in [0.29, 0.717) is 23.1 Å². The third kappa shape index (κ3) is 1.72. The van der Waals surface area contributed by atoms with Crippen LogP contribution in [0.25, 0.3) is 0 Å². The Hall–Kier alpha value is -1.73. The van der Waals surface area contributed by atoms with Crippen molar-refractivity contribution < 1.29 is 5.11 Å². The zero-order chi connectivity index (χ0) is 12.7. The first kappa shape index (κ1) is 11.4. The minimum absolute atomic E-state index is 0.167. The third-order valence-electron chi connectivity index (χ3n) is 4.30. The molecule has 3 unspecified atom stereocenters. The molecule has 1 aromatic rings. The van der Waals surface area contributed by atoms with E-state index in [4.69, 9.17) is 5.73 Å². The highest BCUT2D eigenvalue weighted by atomic mass is 16.3. The van der Waals surface area contributed by atoms with Gasteiger partial charge in [0.25, 0.3) is 0 Å². The summed E-state index contributed by atoms with van der Waals surface area (Å²) in [7, 11) is 0. The highest BCUT2D eigenvalue weighted by Crippen LogP contribution is 2.40. The Morgan fingerprint density at radius 2 is 2.17 bits per heavy atom. The number of nitrogens with zero attached hydrogens (tertiary/aromatic N) is 2. The van der Waals surface area contributed by atoms with E-state index in [1.54, 1.807) is 6.07 Å². The first-order valence-electron chi connectivity index (χ1n) is 6.41. The normalized spacial score (nSPS) is 30.2. The molecule has 1 saturated carbocycles. The van der Waals surface area contributed by atoms with Crippen LogP contribution in [0.2, 0.25) is 0 Å². The first-order valence-corrected chi connectivity index (χ1v) is 6.41. The van der Waals surface area contributed by atoms with Crippen molar-refractivity contribution in [2.75, 3.05) is 23.7 Å². The minimum atomic E-state index is -0.167. The quantitative estimate of drug-likeness (QED) is 0.730. The van der Waals surface area contributed by atoms with Crippen molar-refractivity contribution in [1.29, 1.82) is 5.26 Å². The molecule has 1 aliphatic heterocycles. The highest BCUT2D eigenvalue weighted by molar-refractivity contribution is 5.65. The topological polar surface area (TPSA) is 73.3 Å². The second-order valence-electron chi connectivity index (χ2n) is 5.36. The summed E-state index contributed by atoms with van der Waals surface area (Å²) in [5.74, 6) is 0.943. The van der Waals surface area contributed by atoms with E-state index in [1.807, 2.05) is 12.1 Å². The van der Waals surface area contributed by atoms with Crippen LogP contribution in [0.15, 0.2) is 18.2 Å². The summed E-state index contributed by atoms with van der Waals surface area (Å²) in [6.45, 7) is 1.80. The SMILES string of the molecule is N#Cc1cc(N)ccc1N1CC2CCC(O)C2C1. The van der Waals surface area contributed by atoms with Gasteiger partial charge in [0.05, 0.1) is 17.4 Å². The number of rotatable bonds is 1. The van der Waals surface area contributed by atoms with Crippen LogP contribution in [0.5, 0.6) is 0 Å². The molecule has 0 spiro atoms. The number of fused-ring (bicyclic) bond motifs is 1. The second-order valence-corrected chi connectivity index (χ2v) is 5.36. The third-order valence-corrected chi connectivity index (χ3v) is 4.30. The van der Waals surface area contributed by atoms with Gasteiger partial charge in [-0.15, -0.1) is 0 Å². The smallest absolute Gasteiger partial charge is 0.101 e. The number of nitrogen functional groups attached to an aromatic ring is 1. The van der Waals surface area contributed by atoms with Crippen LogP contribution in [0.3, 0.4) is 0 Å². The Kier molecular flexibility index (Phi) is 2.64. The van der Waals surface area contributed by atoms with E-state index in [9.17, 15) is 10.4 Å². The van der Waals surface area contributed by atoms with Crippen LogP contribution in [0, 0.1) is 23.2 Å². The van der Waals surface area contributed by atoms with Gasteiger partial charge >= 0.3 is 0 Å². The molecule has 3 rings (SSSR count). The molecule has 3 atom stereocenters. The molecule has 0 aromatic heterocycles. The Morgan fingerprint density at radius 3 is 2.89 bits per heavy atom. The summed E-state index contributed by atoms with van der Waals surface area (Å²) in [6.07, 6.45) is 1.86. The van der Waals surface area contributed by atoms with Gasteiger partial charge in [-0.25, -0.2) is 0 Å². The zero-order valence-corrected chi connectivity index (χ0v) is 10.2. The fourth-order valence-electron chi connectivity index (χ4n) is 3.35. The van der Waals surface area contributed by atoms with Gasteiger partial charge in [-0.2, -0.15) is 5.26 Å². The lowest BCUT2D eigenvalue weighted by Crippen LogP contribution is -2.25. The van der Waals surface area contributed by atoms with Gasteiger partial charge < -0.3 is 15.7 Å². The van der Waals surface area contributed by atoms with E-state index in [2.05, 4.69) is 11.0 Å².